The predicted octanol–water partition coefficient (Wildman–Crippen LogP) is 6.48. The molecule has 4 nitrogen and oxygen atoms in total. The SMILES string of the molecule is CC(C)CCC[C@H](C)[C@H]1CC[C@H]2[C@H]3C[C@H](C(=O)O)[C@@](C)(CCC(=O)O)[C@@H]3CC[C@]12C. The highest BCUT2D eigenvalue weighted by molar-refractivity contribution is 5.72. The van der Waals surface area contributed by atoms with Gasteiger partial charge in [0.2, 0.25) is 0 Å². The molecule has 3 rings (SSSR count). The quantitative estimate of drug-likeness (QED) is 0.447. The molecule has 0 saturated heterocycles. The van der Waals surface area contributed by atoms with Crippen LogP contribution in [0.2, 0.25) is 0 Å². The van der Waals surface area contributed by atoms with Gasteiger partial charge in [0.15, 0.2) is 0 Å². The Morgan fingerprint density at radius 3 is 2.30 bits per heavy atom. The molecule has 3 fully saturated rings. The summed E-state index contributed by atoms with van der Waals surface area (Å²) in [6.07, 6.45) is 10.1. The second-order valence-corrected chi connectivity index (χ2v) is 11.9. The standard InChI is InChI=1S/C26H44O4/c1-16(2)7-6-8-17(3)19-9-10-20-18-15-22(24(29)30)26(5,14-12-23(27)28)21(18)11-13-25(19,20)4/h16-22H,6-15H2,1-5H3,(H,27,28)(H,29,30)/t17-,18+,19+,20-,21+,22+,25+,26-/m0/s1. The third-order valence-corrected chi connectivity index (χ3v) is 9.96. The average molecular weight is 421 g/mol. The molecule has 0 bridgehead atoms. The van der Waals surface area contributed by atoms with Crippen molar-refractivity contribution in [2.45, 2.75) is 98.8 Å². The van der Waals surface area contributed by atoms with E-state index in [0.717, 1.165) is 30.6 Å². The largest absolute Gasteiger partial charge is 0.481 e. The van der Waals surface area contributed by atoms with Crippen molar-refractivity contribution in [2.24, 2.45) is 52.3 Å². The number of carboxylic acids is 2. The average Bonchev–Trinajstić information content (AvgIpc) is 3.14. The fourth-order valence-corrected chi connectivity index (χ4v) is 8.38. The Kier molecular flexibility index (Phi) is 6.94. The lowest BCUT2D eigenvalue weighted by Crippen LogP contribution is -2.44. The van der Waals surface area contributed by atoms with E-state index >= 15 is 0 Å². The molecule has 0 aromatic carbocycles. The molecule has 0 spiro atoms. The Bertz CT molecular complexity index is 643. The minimum atomic E-state index is -0.805. The van der Waals surface area contributed by atoms with Crippen LogP contribution in [-0.4, -0.2) is 22.2 Å². The number of carboxylic acid groups (broad SMARTS) is 2. The van der Waals surface area contributed by atoms with Gasteiger partial charge in [-0.05, 0) is 84.9 Å². The van der Waals surface area contributed by atoms with Crippen molar-refractivity contribution in [1.82, 2.24) is 0 Å². The topological polar surface area (TPSA) is 74.6 Å². The first kappa shape index (κ1) is 23.6. The first-order valence-electron chi connectivity index (χ1n) is 12.4. The Balaban J connectivity index is 1.76. The molecule has 172 valence electrons. The molecule has 0 aliphatic heterocycles. The highest BCUT2D eigenvalue weighted by atomic mass is 16.4. The van der Waals surface area contributed by atoms with Gasteiger partial charge in [0.05, 0.1) is 5.92 Å². The summed E-state index contributed by atoms with van der Waals surface area (Å²) in [5.74, 6) is 1.79. The maximum atomic E-state index is 12.2. The maximum absolute atomic E-state index is 12.2. The van der Waals surface area contributed by atoms with E-state index in [4.69, 9.17) is 0 Å². The predicted molar refractivity (Wildman–Crippen MR) is 119 cm³/mol. The van der Waals surface area contributed by atoms with Crippen LogP contribution in [-0.2, 0) is 9.59 Å². The van der Waals surface area contributed by atoms with E-state index < -0.39 is 17.9 Å². The van der Waals surface area contributed by atoms with Crippen LogP contribution < -0.4 is 0 Å². The van der Waals surface area contributed by atoms with Gasteiger partial charge in [-0.25, -0.2) is 0 Å². The molecule has 8 atom stereocenters. The Morgan fingerprint density at radius 1 is 1.00 bits per heavy atom. The lowest BCUT2D eigenvalue weighted by atomic mass is 9.54. The van der Waals surface area contributed by atoms with Crippen LogP contribution >= 0.6 is 0 Å². The number of fused-ring (bicyclic) bond motifs is 3. The van der Waals surface area contributed by atoms with Crippen molar-refractivity contribution in [3.8, 4) is 0 Å². The van der Waals surface area contributed by atoms with Gasteiger partial charge in [0, 0.05) is 6.42 Å². The molecule has 4 heteroatoms. The molecular weight excluding hydrogens is 376 g/mol. The summed E-state index contributed by atoms with van der Waals surface area (Å²) in [5, 5.41) is 19.3. The van der Waals surface area contributed by atoms with Gasteiger partial charge in [-0.3, -0.25) is 9.59 Å². The number of aliphatic carboxylic acids is 2. The van der Waals surface area contributed by atoms with Gasteiger partial charge in [0.25, 0.3) is 0 Å². The maximum Gasteiger partial charge on any atom is 0.307 e. The van der Waals surface area contributed by atoms with E-state index in [1.54, 1.807) is 0 Å². The van der Waals surface area contributed by atoms with Crippen LogP contribution in [0, 0.1) is 52.3 Å². The summed E-state index contributed by atoms with van der Waals surface area (Å²) in [7, 11) is 0. The van der Waals surface area contributed by atoms with Crippen molar-refractivity contribution >= 4 is 11.9 Å². The first-order valence-corrected chi connectivity index (χ1v) is 12.4. The fourth-order valence-electron chi connectivity index (χ4n) is 8.38. The van der Waals surface area contributed by atoms with Crippen LogP contribution in [0.3, 0.4) is 0 Å². The van der Waals surface area contributed by atoms with Crippen molar-refractivity contribution in [3.63, 3.8) is 0 Å². The van der Waals surface area contributed by atoms with Gasteiger partial charge in [0.1, 0.15) is 0 Å². The van der Waals surface area contributed by atoms with Crippen LogP contribution in [0.15, 0.2) is 0 Å². The highest BCUT2D eigenvalue weighted by Gasteiger charge is 2.63. The van der Waals surface area contributed by atoms with Crippen LogP contribution in [0.25, 0.3) is 0 Å². The summed E-state index contributed by atoms with van der Waals surface area (Å²) < 4.78 is 0. The normalized spacial score (nSPS) is 41.5. The van der Waals surface area contributed by atoms with E-state index in [1.807, 2.05) is 0 Å². The molecule has 0 aromatic rings. The molecule has 0 amide bonds. The Hall–Kier alpha value is -1.06. The summed E-state index contributed by atoms with van der Waals surface area (Å²) in [4.78, 5) is 23.4. The van der Waals surface area contributed by atoms with Crippen LogP contribution in [0.1, 0.15) is 98.8 Å². The zero-order valence-electron chi connectivity index (χ0n) is 19.8. The molecule has 0 aromatic heterocycles. The molecule has 0 unspecified atom stereocenters. The van der Waals surface area contributed by atoms with Crippen molar-refractivity contribution < 1.29 is 19.8 Å². The highest BCUT2D eigenvalue weighted by Crippen LogP contribution is 2.69. The number of hydrogen-bond acceptors (Lipinski definition) is 2. The number of carbonyl (C=O) groups is 2. The summed E-state index contributed by atoms with van der Waals surface area (Å²) in [6, 6.07) is 0. The second-order valence-electron chi connectivity index (χ2n) is 11.9. The molecular formula is C26H44O4. The summed E-state index contributed by atoms with van der Waals surface area (Å²) in [6.45, 7) is 11.7. The Labute approximate surface area is 183 Å². The van der Waals surface area contributed by atoms with Gasteiger partial charge in [-0.1, -0.05) is 53.9 Å². The van der Waals surface area contributed by atoms with Crippen molar-refractivity contribution in [3.05, 3.63) is 0 Å². The third-order valence-electron chi connectivity index (χ3n) is 9.96. The van der Waals surface area contributed by atoms with Gasteiger partial charge in [-0.2, -0.15) is 0 Å². The zero-order valence-corrected chi connectivity index (χ0v) is 19.8. The second kappa shape index (κ2) is 8.82. The van der Waals surface area contributed by atoms with Crippen molar-refractivity contribution in [2.75, 3.05) is 0 Å². The van der Waals surface area contributed by atoms with E-state index in [9.17, 15) is 19.8 Å². The van der Waals surface area contributed by atoms with Gasteiger partial charge >= 0.3 is 11.9 Å². The van der Waals surface area contributed by atoms with E-state index in [2.05, 4.69) is 34.6 Å². The lowest BCUT2D eigenvalue weighted by molar-refractivity contribution is -0.148. The fraction of sp³-hybridized carbons (Fsp3) is 0.923. The van der Waals surface area contributed by atoms with Crippen LogP contribution in [0.5, 0.6) is 0 Å². The lowest BCUT2D eigenvalue weighted by Gasteiger charge is -2.51. The molecule has 30 heavy (non-hydrogen) atoms. The third kappa shape index (κ3) is 4.17. The molecule has 0 radical (unpaired) electrons. The summed E-state index contributed by atoms with van der Waals surface area (Å²) in [5.41, 5.74) is -0.0449. The minimum Gasteiger partial charge on any atom is -0.481 e. The summed E-state index contributed by atoms with van der Waals surface area (Å²) >= 11 is 0. The van der Waals surface area contributed by atoms with Crippen LogP contribution in [0.4, 0.5) is 0 Å². The molecule has 3 saturated carbocycles. The molecule has 2 N–H and O–H groups in total. The first-order chi connectivity index (χ1) is 14.0. The van der Waals surface area contributed by atoms with Crippen molar-refractivity contribution in [1.29, 1.82) is 0 Å². The van der Waals surface area contributed by atoms with E-state index in [-0.39, 0.29) is 11.8 Å². The Morgan fingerprint density at radius 2 is 1.70 bits per heavy atom. The monoisotopic (exact) mass is 420 g/mol. The number of rotatable bonds is 9. The molecule has 3 aliphatic rings. The zero-order chi connectivity index (χ0) is 22.3. The van der Waals surface area contributed by atoms with E-state index in [0.29, 0.717) is 29.6 Å². The smallest absolute Gasteiger partial charge is 0.307 e. The molecule has 3 aliphatic carbocycles. The van der Waals surface area contributed by atoms with E-state index in [1.165, 1.54) is 38.5 Å². The minimum absolute atomic E-state index is 0.0843. The van der Waals surface area contributed by atoms with Gasteiger partial charge in [-0.15, -0.1) is 0 Å². The van der Waals surface area contributed by atoms with Gasteiger partial charge < -0.3 is 10.2 Å². The number of hydrogen-bond donors (Lipinski definition) is 2. The molecule has 0 heterocycles.